The molecule has 0 saturated heterocycles. The van der Waals surface area contributed by atoms with E-state index in [1.165, 1.54) is 5.56 Å². The van der Waals surface area contributed by atoms with Crippen molar-refractivity contribution >= 4 is 17.2 Å². The monoisotopic (exact) mass is 252 g/mol. The minimum atomic E-state index is 0.398. The number of rotatable bonds is 6. The summed E-state index contributed by atoms with van der Waals surface area (Å²) in [6, 6.07) is 8.45. The quantitative estimate of drug-likeness (QED) is 0.783. The Labute approximate surface area is 109 Å². The van der Waals surface area contributed by atoms with Gasteiger partial charge in [0, 0.05) is 25.3 Å². The number of nitrogens with two attached hydrogens (primary N) is 1. The second kappa shape index (κ2) is 6.69. The normalized spacial score (nSPS) is 12.7. The second-order valence-corrected chi connectivity index (χ2v) is 4.72. The van der Waals surface area contributed by atoms with Gasteiger partial charge in [0.15, 0.2) is 0 Å². The highest BCUT2D eigenvalue weighted by molar-refractivity contribution is 7.80. The van der Waals surface area contributed by atoms with E-state index < -0.39 is 0 Å². The maximum atomic E-state index is 5.56. The molecular formula is C13H20N2OS. The van der Waals surface area contributed by atoms with Gasteiger partial charge in [-0.1, -0.05) is 36.5 Å². The lowest BCUT2D eigenvalue weighted by Crippen LogP contribution is -2.32. The summed E-state index contributed by atoms with van der Waals surface area (Å²) in [5.74, 6) is 0. The molecule has 0 amide bonds. The standard InChI is InChI=1S/C13H20N2OS/c1-10(9-16-3)15(2)8-11-4-6-12(7-5-11)13(14)17/h4-7,10H,8-9H2,1-3H3,(H2,14,17). The molecular weight excluding hydrogens is 232 g/mol. The van der Waals surface area contributed by atoms with E-state index in [2.05, 4.69) is 31.0 Å². The maximum absolute atomic E-state index is 5.56. The lowest BCUT2D eigenvalue weighted by Gasteiger charge is -2.24. The van der Waals surface area contributed by atoms with Crippen molar-refractivity contribution in [2.45, 2.75) is 19.5 Å². The van der Waals surface area contributed by atoms with E-state index in [4.69, 9.17) is 22.7 Å². The van der Waals surface area contributed by atoms with Crippen molar-refractivity contribution in [3.8, 4) is 0 Å². The van der Waals surface area contributed by atoms with Crippen LogP contribution in [0.15, 0.2) is 24.3 Å². The van der Waals surface area contributed by atoms with Crippen LogP contribution in [0.3, 0.4) is 0 Å². The Bertz CT molecular complexity index is 364. The highest BCUT2D eigenvalue weighted by atomic mass is 32.1. The third-order valence-corrected chi connectivity index (χ3v) is 3.07. The molecule has 0 aliphatic rings. The van der Waals surface area contributed by atoms with Crippen LogP contribution in [0.1, 0.15) is 18.1 Å². The Balaban J connectivity index is 2.59. The molecule has 2 N–H and O–H groups in total. The van der Waals surface area contributed by atoms with Crippen LogP contribution in [0, 0.1) is 0 Å². The number of ether oxygens (including phenoxy) is 1. The van der Waals surface area contributed by atoms with Gasteiger partial charge in [0.1, 0.15) is 4.99 Å². The maximum Gasteiger partial charge on any atom is 0.103 e. The molecule has 1 rings (SSSR count). The van der Waals surface area contributed by atoms with Crippen molar-refractivity contribution in [3.63, 3.8) is 0 Å². The van der Waals surface area contributed by atoms with Gasteiger partial charge in [0.25, 0.3) is 0 Å². The second-order valence-electron chi connectivity index (χ2n) is 4.28. The molecule has 0 bridgehead atoms. The number of nitrogens with zero attached hydrogens (tertiary/aromatic N) is 1. The van der Waals surface area contributed by atoms with Crippen molar-refractivity contribution in [1.82, 2.24) is 4.90 Å². The molecule has 0 heterocycles. The Morgan fingerprint density at radius 1 is 1.41 bits per heavy atom. The lowest BCUT2D eigenvalue weighted by molar-refractivity contribution is 0.112. The van der Waals surface area contributed by atoms with Gasteiger partial charge >= 0.3 is 0 Å². The summed E-state index contributed by atoms with van der Waals surface area (Å²) in [6.45, 7) is 3.77. The SMILES string of the molecule is COCC(C)N(C)Cc1ccc(C(N)=S)cc1. The summed E-state index contributed by atoms with van der Waals surface area (Å²) in [5, 5.41) is 0. The van der Waals surface area contributed by atoms with Crippen LogP contribution in [0.2, 0.25) is 0 Å². The first-order chi connectivity index (χ1) is 8.04. The molecule has 3 nitrogen and oxygen atoms in total. The van der Waals surface area contributed by atoms with Gasteiger partial charge in [0.05, 0.1) is 6.61 Å². The third-order valence-electron chi connectivity index (χ3n) is 2.83. The Kier molecular flexibility index (Phi) is 5.55. The molecule has 1 unspecified atom stereocenters. The van der Waals surface area contributed by atoms with Crippen LogP contribution in [0.4, 0.5) is 0 Å². The molecule has 0 saturated carbocycles. The molecule has 0 aliphatic heterocycles. The average molecular weight is 252 g/mol. The summed E-state index contributed by atoms with van der Waals surface area (Å²) < 4.78 is 5.14. The summed E-state index contributed by atoms with van der Waals surface area (Å²) >= 11 is 4.92. The van der Waals surface area contributed by atoms with Crippen LogP contribution in [0.5, 0.6) is 0 Å². The first-order valence-corrected chi connectivity index (χ1v) is 6.03. The zero-order valence-corrected chi connectivity index (χ0v) is 11.5. The topological polar surface area (TPSA) is 38.5 Å². The van der Waals surface area contributed by atoms with Crippen molar-refractivity contribution in [1.29, 1.82) is 0 Å². The van der Waals surface area contributed by atoms with E-state index in [1.807, 2.05) is 12.1 Å². The highest BCUT2D eigenvalue weighted by Gasteiger charge is 2.09. The summed E-state index contributed by atoms with van der Waals surface area (Å²) in [4.78, 5) is 2.69. The van der Waals surface area contributed by atoms with Crippen molar-refractivity contribution < 1.29 is 4.74 Å². The molecule has 0 spiro atoms. The van der Waals surface area contributed by atoms with Crippen molar-refractivity contribution in [2.75, 3.05) is 20.8 Å². The smallest absolute Gasteiger partial charge is 0.103 e. The third kappa shape index (κ3) is 4.42. The van der Waals surface area contributed by atoms with Gasteiger partial charge in [-0.25, -0.2) is 0 Å². The molecule has 94 valence electrons. The van der Waals surface area contributed by atoms with Gasteiger partial charge in [-0.15, -0.1) is 0 Å². The zero-order valence-electron chi connectivity index (χ0n) is 10.6. The van der Waals surface area contributed by atoms with Gasteiger partial charge < -0.3 is 10.5 Å². The number of likely N-dealkylation sites (N-methyl/N-ethyl adjacent to an activating group) is 1. The summed E-state index contributed by atoms with van der Waals surface area (Å²) in [5.41, 5.74) is 7.72. The lowest BCUT2D eigenvalue weighted by atomic mass is 10.1. The molecule has 0 radical (unpaired) electrons. The average Bonchev–Trinajstić information content (AvgIpc) is 2.30. The van der Waals surface area contributed by atoms with Crippen LogP contribution in [-0.4, -0.2) is 36.7 Å². The van der Waals surface area contributed by atoms with E-state index in [-0.39, 0.29) is 0 Å². The van der Waals surface area contributed by atoms with Gasteiger partial charge in [-0.05, 0) is 19.5 Å². The van der Waals surface area contributed by atoms with E-state index in [0.717, 1.165) is 18.7 Å². The van der Waals surface area contributed by atoms with Crippen LogP contribution in [0.25, 0.3) is 0 Å². The first kappa shape index (κ1) is 14.1. The number of benzene rings is 1. The number of methoxy groups -OCH3 is 1. The highest BCUT2D eigenvalue weighted by Crippen LogP contribution is 2.08. The molecule has 4 heteroatoms. The number of thiocarbonyl (C=S) groups is 1. The fraction of sp³-hybridized carbons (Fsp3) is 0.462. The predicted molar refractivity (Wildman–Crippen MR) is 75.1 cm³/mol. The summed E-state index contributed by atoms with van der Waals surface area (Å²) in [6.07, 6.45) is 0. The Morgan fingerprint density at radius 2 is 2.00 bits per heavy atom. The van der Waals surface area contributed by atoms with Crippen molar-refractivity contribution in [3.05, 3.63) is 35.4 Å². The Morgan fingerprint density at radius 3 is 2.47 bits per heavy atom. The minimum Gasteiger partial charge on any atom is -0.389 e. The first-order valence-electron chi connectivity index (χ1n) is 5.62. The van der Waals surface area contributed by atoms with Gasteiger partial charge in [0.2, 0.25) is 0 Å². The van der Waals surface area contributed by atoms with E-state index in [0.29, 0.717) is 11.0 Å². The van der Waals surface area contributed by atoms with Crippen LogP contribution < -0.4 is 5.73 Å². The molecule has 1 aromatic rings. The number of hydrogen-bond donors (Lipinski definition) is 1. The minimum absolute atomic E-state index is 0.398. The Hall–Kier alpha value is -0.970. The van der Waals surface area contributed by atoms with E-state index >= 15 is 0 Å². The molecule has 0 aliphatic carbocycles. The molecule has 17 heavy (non-hydrogen) atoms. The van der Waals surface area contributed by atoms with E-state index in [1.54, 1.807) is 7.11 Å². The fourth-order valence-electron chi connectivity index (χ4n) is 1.59. The fourth-order valence-corrected chi connectivity index (χ4v) is 1.72. The molecule has 1 atom stereocenters. The largest absolute Gasteiger partial charge is 0.389 e. The molecule has 0 aromatic heterocycles. The van der Waals surface area contributed by atoms with E-state index in [9.17, 15) is 0 Å². The van der Waals surface area contributed by atoms with Gasteiger partial charge in [-0.3, -0.25) is 4.90 Å². The molecule has 0 fully saturated rings. The van der Waals surface area contributed by atoms with Crippen LogP contribution in [-0.2, 0) is 11.3 Å². The number of hydrogen-bond acceptors (Lipinski definition) is 3. The van der Waals surface area contributed by atoms with Gasteiger partial charge in [-0.2, -0.15) is 0 Å². The zero-order chi connectivity index (χ0) is 12.8. The van der Waals surface area contributed by atoms with Crippen LogP contribution >= 0.6 is 12.2 Å². The molecule has 1 aromatic carbocycles. The predicted octanol–water partition coefficient (Wildman–Crippen LogP) is 1.79. The summed E-state index contributed by atoms with van der Waals surface area (Å²) in [7, 11) is 3.81. The van der Waals surface area contributed by atoms with Crippen molar-refractivity contribution in [2.24, 2.45) is 5.73 Å².